The molecule has 2 amide bonds. The number of benzene rings is 1. The van der Waals surface area contributed by atoms with Crippen molar-refractivity contribution in [3.63, 3.8) is 0 Å². The third kappa shape index (κ3) is 6.33. The molecule has 0 radical (unpaired) electrons. The van der Waals surface area contributed by atoms with E-state index in [-0.39, 0.29) is 51.7 Å². The minimum Gasteiger partial charge on any atom is -0.465 e. The zero-order valence-electron chi connectivity index (χ0n) is 34.7. The third-order valence-corrected chi connectivity index (χ3v) is 17.1. The summed E-state index contributed by atoms with van der Waals surface area (Å²) in [7, 11) is 1.29. The highest BCUT2D eigenvalue weighted by Crippen LogP contribution is 2.77. The molecule has 5 aliphatic rings. The van der Waals surface area contributed by atoms with Gasteiger partial charge in [-0.1, -0.05) is 52.8 Å². The summed E-state index contributed by atoms with van der Waals surface area (Å²) in [5, 5.41) is 17.2. The number of aliphatic hydroxyl groups excluding tert-OH is 1. The first-order chi connectivity index (χ1) is 26.4. The highest BCUT2D eigenvalue weighted by atomic mass is 19.1. The SMILES string of the molecule is C=C(C)[C@@H]1CC[C@]2(C(=O)NCCc3ccc(F)c(C(=O)NCc4ccc(C(=O)OC)cn4)c3)CC[C@]3(C)C(CCC4[C@@]5(C)CC[C@H](O)C(C)(C)C5CC[C@]43C)C12. The Balaban J connectivity index is 1.04. The fourth-order valence-electron chi connectivity index (χ4n) is 14.0. The van der Waals surface area contributed by atoms with Gasteiger partial charge in [-0.3, -0.25) is 14.6 Å². The Labute approximate surface area is 333 Å². The number of fused-ring (bicyclic) bond motifs is 7. The van der Waals surface area contributed by atoms with E-state index in [9.17, 15) is 23.9 Å². The van der Waals surface area contributed by atoms with Crippen molar-refractivity contribution in [3.05, 3.63) is 76.9 Å². The average Bonchev–Trinajstić information content (AvgIpc) is 3.58. The predicted molar refractivity (Wildman–Crippen MR) is 215 cm³/mol. The van der Waals surface area contributed by atoms with Gasteiger partial charge in [0.25, 0.3) is 5.91 Å². The first-order valence-corrected chi connectivity index (χ1v) is 21.1. The first-order valence-electron chi connectivity index (χ1n) is 21.1. The molecule has 0 aliphatic heterocycles. The van der Waals surface area contributed by atoms with Crippen molar-refractivity contribution in [2.45, 2.75) is 125 Å². The number of amides is 2. The van der Waals surface area contributed by atoms with Gasteiger partial charge in [-0.15, -0.1) is 0 Å². The zero-order valence-corrected chi connectivity index (χ0v) is 34.7. The Morgan fingerprint density at radius 2 is 1.68 bits per heavy atom. The number of halogens is 1. The van der Waals surface area contributed by atoms with E-state index in [1.54, 1.807) is 24.3 Å². The molecule has 9 heteroatoms. The van der Waals surface area contributed by atoms with Crippen molar-refractivity contribution in [1.29, 1.82) is 0 Å². The molecule has 304 valence electrons. The molecule has 8 nitrogen and oxygen atoms in total. The Bertz CT molecular complexity index is 1880. The van der Waals surface area contributed by atoms with Crippen LogP contribution < -0.4 is 10.6 Å². The van der Waals surface area contributed by atoms with E-state index in [0.717, 1.165) is 56.9 Å². The monoisotopic (exact) mass is 769 g/mol. The summed E-state index contributed by atoms with van der Waals surface area (Å²) in [6, 6.07) is 7.72. The number of esters is 1. The van der Waals surface area contributed by atoms with Crippen LogP contribution in [0, 0.1) is 62.5 Å². The van der Waals surface area contributed by atoms with Crippen molar-refractivity contribution < 1.29 is 28.6 Å². The summed E-state index contributed by atoms with van der Waals surface area (Å²) in [6.45, 7) is 19.5. The van der Waals surface area contributed by atoms with Crippen LogP contribution in [0.25, 0.3) is 0 Å². The first kappa shape index (κ1) is 40.6. The number of allylic oxidation sites excluding steroid dienone is 1. The van der Waals surface area contributed by atoms with Crippen molar-refractivity contribution in [2.75, 3.05) is 13.7 Å². The number of hydrogen-bond acceptors (Lipinski definition) is 6. The van der Waals surface area contributed by atoms with Crippen molar-refractivity contribution >= 4 is 17.8 Å². The molecule has 5 saturated carbocycles. The number of nitrogens with one attached hydrogen (secondary N) is 2. The highest BCUT2D eigenvalue weighted by molar-refractivity contribution is 5.94. The second-order valence-corrected chi connectivity index (χ2v) is 19.8. The van der Waals surface area contributed by atoms with Gasteiger partial charge in [-0.05, 0) is 159 Å². The van der Waals surface area contributed by atoms with Crippen LogP contribution in [0.2, 0.25) is 0 Å². The fourth-order valence-corrected chi connectivity index (χ4v) is 14.0. The lowest BCUT2D eigenvalue weighted by molar-refractivity contribution is -0.246. The van der Waals surface area contributed by atoms with Gasteiger partial charge in [0.05, 0.1) is 42.0 Å². The van der Waals surface area contributed by atoms with Crippen LogP contribution in [0.4, 0.5) is 4.39 Å². The summed E-state index contributed by atoms with van der Waals surface area (Å²) in [5.41, 5.74) is 2.69. The van der Waals surface area contributed by atoms with Gasteiger partial charge >= 0.3 is 5.97 Å². The van der Waals surface area contributed by atoms with E-state index < -0.39 is 23.1 Å². The predicted octanol–water partition coefficient (Wildman–Crippen LogP) is 8.61. The number of aliphatic hydroxyl groups is 1. The second kappa shape index (κ2) is 14.7. The molecule has 5 fully saturated rings. The van der Waals surface area contributed by atoms with Crippen LogP contribution in [0.15, 0.2) is 48.7 Å². The smallest absolute Gasteiger partial charge is 0.339 e. The van der Waals surface area contributed by atoms with Crippen LogP contribution in [0.1, 0.15) is 138 Å². The third-order valence-electron chi connectivity index (χ3n) is 17.1. The molecule has 5 aliphatic carbocycles. The minimum absolute atomic E-state index is 0.0646. The fraction of sp³-hybridized carbons (Fsp3) is 0.660. The number of carbonyl (C=O) groups excluding carboxylic acids is 3. The molecule has 10 atom stereocenters. The Morgan fingerprint density at radius 3 is 2.38 bits per heavy atom. The number of ether oxygens (including phenoxy) is 1. The molecule has 7 rings (SSSR count). The van der Waals surface area contributed by atoms with E-state index in [0.29, 0.717) is 47.9 Å². The van der Waals surface area contributed by atoms with Gasteiger partial charge in [-0.25, -0.2) is 9.18 Å². The lowest BCUT2D eigenvalue weighted by Crippen LogP contribution is -2.67. The molecular formula is C47H64FN3O5. The van der Waals surface area contributed by atoms with Gasteiger partial charge in [-0.2, -0.15) is 0 Å². The Hall–Kier alpha value is -3.59. The normalized spacial score (nSPS) is 36.9. The highest BCUT2D eigenvalue weighted by Gasteiger charge is 2.71. The lowest BCUT2D eigenvalue weighted by atomic mass is 9.32. The summed E-state index contributed by atoms with van der Waals surface area (Å²) in [5.74, 6) is 0.585. The second-order valence-electron chi connectivity index (χ2n) is 19.8. The van der Waals surface area contributed by atoms with Gasteiger partial charge in [0.2, 0.25) is 5.91 Å². The molecule has 0 spiro atoms. The molecule has 4 unspecified atom stereocenters. The minimum atomic E-state index is -0.622. The average molecular weight is 770 g/mol. The summed E-state index contributed by atoms with van der Waals surface area (Å²) in [6.07, 6.45) is 12.1. The quantitative estimate of drug-likeness (QED) is 0.174. The van der Waals surface area contributed by atoms with Crippen molar-refractivity contribution in [3.8, 4) is 0 Å². The van der Waals surface area contributed by atoms with Crippen LogP contribution >= 0.6 is 0 Å². The molecular weight excluding hydrogens is 706 g/mol. The van der Waals surface area contributed by atoms with E-state index in [4.69, 9.17) is 4.74 Å². The van der Waals surface area contributed by atoms with Crippen LogP contribution in [0.3, 0.4) is 0 Å². The van der Waals surface area contributed by atoms with Gasteiger partial charge in [0.15, 0.2) is 0 Å². The van der Waals surface area contributed by atoms with Crippen molar-refractivity contribution in [1.82, 2.24) is 15.6 Å². The molecule has 0 saturated heterocycles. The maximum absolute atomic E-state index is 14.9. The standard InChI is InChI=1S/C47H64FN3O5/c1-28(2)32-15-21-47(23-22-45(6)34(39(32)47)12-14-37-44(5)19-17-38(52)43(3,4)36(44)16-20-46(37,45)7)42(55)49-24-18-29-9-13-35(48)33(25-29)40(53)51-27-31-11-10-30(26-50-31)41(54)56-8/h9-11,13,25-26,32,34,36-39,52H,1,12,14-24,27H2,2-8H3,(H,49,55)(H,51,53)/t32-,34?,36?,37?,38-,39?,44-,45+,46+,47-/m0/s1. The Kier molecular flexibility index (Phi) is 10.6. The topological polar surface area (TPSA) is 118 Å². The molecule has 1 heterocycles. The van der Waals surface area contributed by atoms with E-state index in [1.807, 2.05) is 0 Å². The number of aromatic nitrogens is 1. The number of methoxy groups -OCH3 is 1. The molecule has 1 aromatic carbocycles. The van der Waals surface area contributed by atoms with Gasteiger partial charge < -0.3 is 20.5 Å². The molecule has 3 N–H and O–H groups in total. The van der Waals surface area contributed by atoms with E-state index >= 15 is 0 Å². The van der Waals surface area contributed by atoms with E-state index in [1.165, 1.54) is 37.8 Å². The van der Waals surface area contributed by atoms with Crippen LogP contribution in [-0.4, -0.2) is 47.6 Å². The zero-order chi connectivity index (χ0) is 40.4. The number of hydrogen-bond donors (Lipinski definition) is 3. The number of rotatable bonds is 9. The van der Waals surface area contributed by atoms with Crippen molar-refractivity contribution in [2.24, 2.45) is 56.7 Å². The molecule has 2 aromatic rings. The summed E-state index contributed by atoms with van der Waals surface area (Å²) >= 11 is 0. The van der Waals surface area contributed by atoms with Gasteiger partial charge in [0.1, 0.15) is 5.82 Å². The van der Waals surface area contributed by atoms with Gasteiger partial charge in [0, 0.05) is 12.7 Å². The summed E-state index contributed by atoms with van der Waals surface area (Å²) in [4.78, 5) is 43.6. The Morgan fingerprint density at radius 1 is 0.911 bits per heavy atom. The molecule has 1 aromatic heterocycles. The van der Waals surface area contributed by atoms with E-state index in [2.05, 4.69) is 63.7 Å². The summed E-state index contributed by atoms with van der Waals surface area (Å²) < 4.78 is 19.6. The van der Waals surface area contributed by atoms with Crippen LogP contribution in [0.5, 0.6) is 0 Å². The number of pyridine rings is 1. The largest absolute Gasteiger partial charge is 0.465 e. The molecule has 56 heavy (non-hydrogen) atoms. The lowest BCUT2D eigenvalue weighted by Gasteiger charge is -2.72. The number of carbonyl (C=O) groups is 3. The molecule has 0 bridgehead atoms. The maximum atomic E-state index is 14.9. The number of nitrogens with zero attached hydrogens (tertiary/aromatic N) is 1. The van der Waals surface area contributed by atoms with Crippen LogP contribution in [-0.2, 0) is 22.5 Å². The maximum Gasteiger partial charge on any atom is 0.339 e.